The lowest BCUT2D eigenvalue weighted by Crippen LogP contribution is -2.06. The van der Waals surface area contributed by atoms with E-state index in [9.17, 15) is 5.11 Å². The minimum absolute atomic E-state index is 0.0832. The van der Waals surface area contributed by atoms with E-state index in [1.165, 1.54) is 51.4 Å². The zero-order valence-electron chi connectivity index (χ0n) is 9.67. The molecule has 1 N–H and O–H groups in total. The third kappa shape index (κ3) is 10.5. The van der Waals surface area contributed by atoms with E-state index in [4.69, 9.17) is 0 Å². The van der Waals surface area contributed by atoms with Crippen LogP contribution in [0.1, 0.15) is 64.7 Å². The molecule has 0 rings (SSSR count). The molecule has 0 fully saturated rings. The molecule has 0 aromatic rings. The van der Waals surface area contributed by atoms with E-state index < -0.39 is 0 Å². The second-order valence-corrected chi connectivity index (χ2v) is 4.62. The molecule has 2 heteroatoms. The summed E-state index contributed by atoms with van der Waals surface area (Å²) < 4.78 is 0. The number of hydrogen-bond acceptors (Lipinski definition) is 1. The predicted octanol–water partition coefficient (Wildman–Crippen LogP) is 3.75. The second-order valence-electron chi connectivity index (χ2n) is 4.15. The number of rotatable bonds is 10. The van der Waals surface area contributed by atoms with Gasteiger partial charge in [-0.15, -0.1) is 9.24 Å². The highest BCUT2D eigenvalue weighted by Crippen LogP contribution is 2.11. The average Bonchev–Trinajstić information content (AvgIpc) is 2.21. The van der Waals surface area contributed by atoms with Gasteiger partial charge in [0.2, 0.25) is 0 Å². The molecule has 0 aromatic heterocycles. The van der Waals surface area contributed by atoms with Crippen LogP contribution in [0.4, 0.5) is 0 Å². The zero-order chi connectivity index (χ0) is 10.6. The summed E-state index contributed by atoms with van der Waals surface area (Å²) >= 11 is 0. The van der Waals surface area contributed by atoms with E-state index in [0.29, 0.717) is 0 Å². The van der Waals surface area contributed by atoms with Gasteiger partial charge in [0, 0.05) is 0 Å². The number of hydrogen-bond donors (Lipinski definition) is 1. The molecule has 1 nitrogen and oxygen atoms in total. The molecule has 0 aliphatic rings. The van der Waals surface area contributed by atoms with Crippen LogP contribution in [0.2, 0.25) is 0 Å². The summed E-state index contributed by atoms with van der Waals surface area (Å²) in [6, 6.07) is 0. The van der Waals surface area contributed by atoms with Gasteiger partial charge in [0.15, 0.2) is 0 Å². The highest BCUT2D eigenvalue weighted by molar-refractivity contribution is 7.16. The number of unbranched alkanes of at least 4 members (excludes halogenated alkanes) is 7. The Kier molecular flexibility index (Phi) is 11.8. The monoisotopic (exact) mass is 218 g/mol. The molecule has 86 valence electrons. The van der Waals surface area contributed by atoms with Crippen molar-refractivity contribution in [1.29, 1.82) is 0 Å². The smallest absolute Gasteiger partial charge is 0.0574 e. The fourth-order valence-electron chi connectivity index (χ4n) is 1.63. The van der Waals surface area contributed by atoms with E-state index in [-0.39, 0.29) is 6.10 Å². The molecule has 2 unspecified atom stereocenters. The van der Waals surface area contributed by atoms with Crippen LogP contribution in [0.3, 0.4) is 0 Å². The van der Waals surface area contributed by atoms with Crippen molar-refractivity contribution in [1.82, 2.24) is 0 Å². The summed E-state index contributed by atoms with van der Waals surface area (Å²) in [6.45, 7) is 2.25. The molecule has 0 spiro atoms. The molecular formula is C12H27OP. The Hall–Kier alpha value is 0.390. The first-order valence-electron chi connectivity index (χ1n) is 6.19. The molecule has 0 saturated heterocycles. The number of aliphatic hydroxyl groups is 1. The van der Waals surface area contributed by atoms with Gasteiger partial charge in [0.1, 0.15) is 0 Å². The Morgan fingerprint density at radius 2 is 1.43 bits per heavy atom. The summed E-state index contributed by atoms with van der Waals surface area (Å²) in [5, 5.41) is 9.31. The van der Waals surface area contributed by atoms with Crippen LogP contribution in [0.25, 0.3) is 0 Å². The highest BCUT2D eigenvalue weighted by atomic mass is 31.0. The lowest BCUT2D eigenvalue weighted by atomic mass is 10.1. The number of aliphatic hydroxyl groups excluding tert-OH is 1. The van der Waals surface area contributed by atoms with Gasteiger partial charge in [-0.25, -0.2) is 0 Å². The summed E-state index contributed by atoms with van der Waals surface area (Å²) in [5.74, 6) is 0. The van der Waals surface area contributed by atoms with Gasteiger partial charge < -0.3 is 5.11 Å². The Morgan fingerprint density at radius 3 is 1.93 bits per heavy atom. The van der Waals surface area contributed by atoms with Crippen molar-refractivity contribution in [3.63, 3.8) is 0 Å². The first kappa shape index (κ1) is 14.4. The van der Waals surface area contributed by atoms with Crippen molar-refractivity contribution < 1.29 is 5.11 Å². The van der Waals surface area contributed by atoms with Crippen LogP contribution in [0.15, 0.2) is 0 Å². The van der Waals surface area contributed by atoms with Gasteiger partial charge in [-0.2, -0.15) is 0 Å². The van der Waals surface area contributed by atoms with Gasteiger partial charge in [-0.05, 0) is 12.6 Å². The largest absolute Gasteiger partial charge is 0.393 e. The molecule has 0 amide bonds. The molecule has 14 heavy (non-hydrogen) atoms. The van der Waals surface area contributed by atoms with Crippen molar-refractivity contribution in [3.05, 3.63) is 0 Å². The van der Waals surface area contributed by atoms with Crippen molar-refractivity contribution in [3.8, 4) is 0 Å². The van der Waals surface area contributed by atoms with Crippen LogP contribution in [0.5, 0.6) is 0 Å². The Labute approximate surface area is 91.9 Å². The van der Waals surface area contributed by atoms with E-state index in [1.54, 1.807) is 0 Å². The first-order valence-corrected chi connectivity index (χ1v) is 7.01. The van der Waals surface area contributed by atoms with Crippen molar-refractivity contribution in [2.45, 2.75) is 70.8 Å². The van der Waals surface area contributed by atoms with Crippen LogP contribution in [-0.2, 0) is 0 Å². The lowest BCUT2D eigenvalue weighted by Gasteiger charge is -2.06. The summed E-state index contributed by atoms with van der Waals surface area (Å²) in [5.41, 5.74) is 0. The maximum absolute atomic E-state index is 9.31. The highest BCUT2D eigenvalue weighted by Gasteiger charge is 1.99. The van der Waals surface area contributed by atoms with Gasteiger partial charge >= 0.3 is 0 Å². The van der Waals surface area contributed by atoms with Crippen LogP contribution < -0.4 is 0 Å². The average molecular weight is 218 g/mol. The predicted molar refractivity (Wildman–Crippen MR) is 67.8 cm³/mol. The zero-order valence-corrected chi connectivity index (χ0v) is 10.8. The third-order valence-corrected chi connectivity index (χ3v) is 3.21. The van der Waals surface area contributed by atoms with Gasteiger partial charge in [0.25, 0.3) is 0 Å². The Morgan fingerprint density at radius 1 is 0.929 bits per heavy atom. The van der Waals surface area contributed by atoms with Gasteiger partial charge in [0.05, 0.1) is 6.10 Å². The molecule has 0 bridgehead atoms. The van der Waals surface area contributed by atoms with Gasteiger partial charge in [-0.3, -0.25) is 0 Å². The lowest BCUT2D eigenvalue weighted by molar-refractivity contribution is 0.184. The van der Waals surface area contributed by atoms with Crippen molar-refractivity contribution in [2.75, 3.05) is 6.16 Å². The SMILES string of the molecule is CCCCCCCCCCC(O)CP. The normalized spacial score (nSPS) is 13.1. The molecule has 0 aliphatic heterocycles. The van der Waals surface area contributed by atoms with E-state index >= 15 is 0 Å². The first-order chi connectivity index (χ1) is 6.81. The summed E-state index contributed by atoms with van der Waals surface area (Å²) in [6.07, 6.45) is 12.5. The van der Waals surface area contributed by atoms with Crippen LogP contribution in [0, 0.1) is 0 Å². The van der Waals surface area contributed by atoms with Crippen LogP contribution >= 0.6 is 9.24 Å². The van der Waals surface area contributed by atoms with Crippen LogP contribution in [-0.4, -0.2) is 17.4 Å². The van der Waals surface area contributed by atoms with E-state index in [0.717, 1.165) is 12.6 Å². The fourth-order valence-corrected chi connectivity index (χ4v) is 1.87. The summed E-state index contributed by atoms with van der Waals surface area (Å²) in [7, 11) is 2.60. The van der Waals surface area contributed by atoms with E-state index in [2.05, 4.69) is 16.2 Å². The van der Waals surface area contributed by atoms with Crippen molar-refractivity contribution in [2.24, 2.45) is 0 Å². The fraction of sp³-hybridized carbons (Fsp3) is 1.00. The molecule has 0 heterocycles. The second kappa shape index (κ2) is 11.5. The van der Waals surface area contributed by atoms with Crippen molar-refractivity contribution >= 4 is 9.24 Å². The molecule has 0 aromatic carbocycles. The molecule has 0 radical (unpaired) electrons. The Bertz CT molecular complexity index is 106. The summed E-state index contributed by atoms with van der Waals surface area (Å²) in [4.78, 5) is 0. The minimum atomic E-state index is -0.0832. The standard InChI is InChI=1S/C12H27OP/c1-2-3-4-5-6-7-8-9-10-12(13)11-14/h12-13H,2-11,14H2,1H3. The molecular weight excluding hydrogens is 191 g/mol. The third-order valence-electron chi connectivity index (χ3n) is 2.66. The molecule has 0 aliphatic carbocycles. The van der Waals surface area contributed by atoms with E-state index in [1.807, 2.05) is 0 Å². The van der Waals surface area contributed by atoms with Gasteiger partial charge in [-0.1, -0.05) is 58.3 Å². The quantitative estimate of drug-likeness (QED) is 0.437. The molecule has 0 saturated carbocycles. The minimum Gasteiger partial charge on any atom is -0.393 e. The maximum Gasteiger partial charge on any atom is 0.0574 e. The Balaban J connectivity index is 2.92. The topological polar surface area (TPSA) is 20.2 Å². The molecule has 2 atom stereocenters. The maximum atomic E-state index is 9.31.